The molecule has 0 radical (unpaired) electrons. The van der Waals surface area contributed by atoms with Crippen molar-refractivity contribution in [2.24, 2.45) is 0 Å². The zero-order valence-electron chi connectivity index (χ0n) is 26.5. The summed E-state index contributed by atoms with van der Waals surface area (Å²) < 4.78 is 81.3. The van der Waals surface area contributed by atoms with E-state index in [4.69, 9.17) is 47.8 Å². The highest BCUT2D eigenvalue weighted by molar-refractivity contribution is 7.47. The molecule has 0 bridgehead atoms. The standard InChI is InChI=1S/C24H36N5O19P3/c1-12-8-29(24(33)27-22(12)31)21-6-14(16(9-30)44-21)47-51(39,40)43-11-18-15(7-20(45-18)28-4-2-19(25)26-23(28)32)48-50(37,38)42-10-17-13(3-5-41-17)46-49(34,35)36/h2,4,8,13-18,20-21,30H,3,5-7,9-11H2,1H3,(H,37,38)(H,39,40)(H2,25,26,32)(H,27,31,33)(H2,34,35,36)/t13-,14-,15-,16+,17+,18+,20+,21+/m0/s1. The maximum atomic E-state index is 13.1. The van der Waals surface area contributed by atoms with E-state index in [1.54, 1.807) is 0 Å². The number of aryl methyl sites for hydroxylation is 1. The zero-order chi connectivity index (χ0) is 37.3. The number of aliphatic hydroxyl groups is 1. The number of hydrogen-bond acceptors (Lipinski definition) is 17. The van der Waals surface area contributed by atoms with Gasteiger partial charge in [0.15, 0.2) is 0 Å². The number of anilines is 1. The third-order valence-corrected chi connectivity index (χ3v) is 10.5. The average Bonchev–Trinajstić information content (AvgIpc) is 3.74. The fraction of sp³-hybridized carbons (Fsp3) is 0.667. The molecule has 0 spiro atoms. The molecule has 0 amide bonds. The van der Waals surface area contributed by atoms with E-state index in [0.29, 0.717) is 0 Å². The number of nitrogen functional groups attached to an aromatic ring is 1. The highest BCUT2D eigenvalue weighted by Crippen LogP contribution is 2.52. The molecule has 3 aliphatic heterocycles. The summed E-state index contributed by atoms with van der Waals surface area (Å²) in [4.78, 5) is 81.6. The highest BCUT2D eigenvalue weighted by atomic mass is 31.2. The van der Waals surface area contributed by atoms with Crippen molar-refractivity contribution in [3.63, 3.8) is 0 Å². The van der Waals surface area contributed by atoms with E-state index < -0.39 is 109 Å². The number of nitrogens with one attached hydrogen (secondary N) is 1. The van der Waals surface area contributed by atoms with E-state index in [-0.39, 0.29) is 37.3 Å². The van der Waals surface area contributed by atoms with Gasteiger partial charge in [0.05, 0.1) is 19.8 Å². The number of ether oxygens (including phenoxy) is 3. The number of rotatable bonds is 15. The van der Waals surface area contributed by atoms with Crippen LogP contribution in [0.3, 0.4) is 0 Å². The predicted octanol–water partition coefficient (Wildman–Crippen LogP) is -1.48. The number of phosphoric ester groups is 3. The first-order valence-corrected chi connectivity index (χ1v) is 19.6. The van der Waals surface area contributed by atoms with Gasteiger partial charge in [0.2, 0.25) is 0 Å². The van der Waals surface area contributed by atoms with Gasteiger partial charge in [-0.25, -0.2) is 23.3 Å². The highest BCUT2D eigenvalue weighted by Gasteiger charge is 2.46. The Hall–Kier alpha value is -2.47. The number of aromatic nitrogens is 4. The van der Waals surface area contributed by atoms with Crippen molar-refractivity contribution in [1.29, 1.82) is 0 Å². The summed E-state index contributed by atoms with van der Waals surface area (Å²) in [6, 6.07) is 1.27. The summed E-state index contributed by atoms with van der Waals surface area (Å²) in [7, 11) is -15.0. The van der Waals surface area contributed by atoms with Crippen LogP contribution >= 0.6 is 23.5 Å². The van der Waals surface area contributed by atoms with E-state index >= 15 is 0 Å². The van der Waals surface area contributed by atoms with E-state index in [9.17, 15) is 43.0 Å². The molecular formula is C24H36N5O19P3. The Balaban J connectivity index is 1.26. The minimum absolute atomic E-state index is 0.0124. The van der Waals surface area contributed by atoms with Crippen molar-refractivity contribution in [3.05, 3.63) is 55.3 Å². The Bertz CT molecular complexity index is 1880. The molecule has 3 aliphatic rings. The van der Waals surface area contributed by atoms with Gasteiger partial charge in [-0.15, -0.1) is 0 Å². The molecular weight excluding hydrogens is 755 g/mol. The zero-order valence-corrected chi connectivity index (χ0v) is 29.2. The molecule has 8 N–H and O–H groups in total. The molecule has 10 atom stereocenters. The SMILES string of the molecule is Cc1cn([C@H]2C[C@H](OP(=O)(O)OC[C@H]3O[C@@H](n4ccc(N)nc4=O)C[C@@H]3OP(=O)(O)OC[C@H]3OCC[C@@H]3OP(=O)(O)O)[C@@H](CO)O2)c(=O)[nH]c1=O. The number of aliphatic hydroxyl groups excluding tert-OH is 1. The third-order valence-electron chi connectivity index (χ3n) is 7.92. The van der Waals surface area contributed by atoms with Crippen molar-refractivity contribution in [2.75, 3.05) is 32.2 Å². The molecule has 0 saturated carbocycles. The van der Waals surface area contributed by atoms with E-state index in [1.807, 2.05) is 0 Å². The predicted molar refractivity (Wildman–Crippen MR) is 166 cm³/mol. The molecule has 2 aromatic rings. The second-order valence-electron chi connectivity index (χ2n) is 11.6. The van der Waals surface area contributed by atoms with Crippen LogP contribution in [0.15, 0.2) is 32.8 Å². The van der Waals surface area contributed by atoms with Gasteiger partial charge in [-0.3, -0.25) is 41.5 Å². The lowest BCUT2D eigenvalue weighted by molar-refractivity contribution is -0.0586. The first-order valence-electron chi connectivity index (χ1n) is 15.1. The molecule has 3 fully saturated rings. The smallest absolute Gasteiger partial charge is 0.394 e. The summed E-state index contributed by atoms with van der Waals surface area (Å²) in [5, 5.41) is 9.81. The van der Waals surface area contributed by atoms with Gasteiger partial charge in [0, 0.05) is 43.8 Å². The van der Waals surface area contributed by atoms with Crippen LogP contribution in [0.1, 0.15) is 37.3 Å². The van der Waals surface area contributed by atoms with Crippen LogP contribution in [0.5, 0.6) is 0 Å². The van der Waals surface area contributed by atoms with Crippen LogP contribution in [-0.2, 0) is 50.5 Å². The van der Waals surface area contributed by atoms with E-state index in [0.717, 1.165) is 9.13 Å². The fourth-order valence-electron chi connectivity index (χ4n) is 5.54. The van der Waals surface area contributed by atoms with Crippen LogP contribution in [0, 0.1) is 6.92 Å². The molecule has 3 saturated heterocycles. The summed E-state index contributed by atoms with van der Waals surface area (Å²) in [5.74, 6) is -0.108. The van der Waals surface area contributed by atoms with Crippen LogP contribution in [0.4, 0.5) is 5.82 Å². The van der Waals surface area contributed by atoms with Crippen molar-refractivity contribution in [2.45, 2.75) is 75.3 Å². The van der Waals surface area contributed by atoms with Crippen LogP contribution in [0.2, 0.25) is 0 Å². The quantitative estimate of drug-likeness (QED) is 0.101. The lowest BCUT2D eigenvalue weighted by Gasteiger charge is -2.24. The molecule has 5 rings (SSSR count). The number of aromatic amines is 1. The van der Waals surface area contributed by atoms with Gasteiger partial charge >= 0.3 is 34.8 Å². The Morgan fingerprint density at radius 1 is 0.902 bits per heavy atom. The Morgan fingerprint density at radius 3 is 2.10 bits per heavy atom. The van der Waals surface area contributed by atoms with Crippen LogP contribution < -0.4 is 22.7 Å². The molecule has 0 aromatic carbocycles. The van der Waals surface area contributed by atoms with Gasteiger partial charge in [-0.1, -0.05) is 0 Å². The minimum Gasteiger partial charge on any atom is -0.394 e. The molecule has 2 aromatic heterocycles. The Morgan fingerprint density at radius 2 is 1.49 bits per heavy atom. The number of phosphoric acid groups is 3. The summed E-state index contributed by atoms with van der Waals surface area (Å²) in [6.07, 6.45) is -8.12. The number of H-pyrrole nitrogens is 1. The maximum Gasteiger partial charge on any atom is 0.472 e. The van der Waals surface area contributed by atoms with Gasteiger partial charge in [-0.05, 0) is 13.0 Å². The van der Waals surface area contributed by atoms with Crippen molar-refractivity contribution < 1.29 is 75.2 Å². The van der Waals surface area contributed by atoms with Crippen LogP contribution in [0.25, 0.3) is 0 Å². The largest absolute Gasteiger partial charge is 0.472 e. The van der Waals surface area contributed by atoms with Gasteiger partial charge in [-0.2, -0.15) is 4.98 Å². The lowest BCUT2D eigenvalue weighted by atomic mass is 10.2. The van der Waals surface area contributed by atoms with Gasteiger partial charge in [0.25, 0.3) is 5.56 Å². The first kappa shape index (κ1) is 39.7. The van der Waals surface area contributed by atoms with Crippen molar-refractivity contribution in [3.8, 4) is 0 Å². The maximum absolute atomic E-state index is 13.1. The second kappa shape index (κ2) is 15.9. The molecule has 286 valence electrons. The van der Waals surface area contributed by atoms with Gasteiger partial charge < -0.3 is 44.6 Å². The van der Waals surface area contributed by atoms with Crippen LogP contribution in [-0.4, -0.2) is 107 Å². The molecule has 0 aliphatic carbocycles. The minimum atomic E-state index is -5.06. The normalized spacial score (nSPS) is 30.7. The molecule has 27 heteroatoms. The molecule has 51 heavy (non-hydrogen) atoms. The first-order chi connectivity index (χ1) is 23.8. The van der Waals surface area contributed by atoms with E-state index in [1.165, 1.54) is 25.4 Å². The monoisotopic (exact) mass is 791 g/mol. The van der Waals surface area contributed by atoms with Crippen molar-refractivity contribution in [1.82, 2.24) is 19.1 Å². The van der Waals surface area contributed by atoms with Crippen molar-refractivity contribution >= 4 is 29.3 Å². The number of nitrogens with zero attached hydrogens (tertiary/aromatic N) is 3. The second-order valence-corrected chi connectivity index (χ2v) is 15.6. The molecule has 24 nitrogen and oxygen atoms in total. The lowest BCUT2D eigenvalue weighted by Crippen LogP contribution is -2.33. The molecule has 2 unspecified atom stereocenters. The number of hydrogen-bond donors (Lipinski definition) is 7. The van der Waals surface area contributed by atoms with Gasteiger partial charge in [0.1, 0.15) is 54.9 Å². The van der Waals surface area contributed by atoms with E-state index in [2.05, 4.69) is 14.5 Å². The Kier molecular flexibility index (Phi) is 12.4. The third kappa shape index (κ3) is 10.4. The Labute approximate surface area is 286 Å². The summed E-state index contributed by atoms with van der Waals surface area (Å²) in [5.41, 5.74) is 3.40. The molecule has 5 heterocycles. The summed E-state index contributed by atoms with van der Waals surface area (Å²) >= 11 is 0. The fourth-order valence-corrected chi connectivity index (χ4v) is 8.06. The topological polar surface area (TPSA) is 342 Å². The number of nitrogens with two attached hydrogens (primary N) is 1. The average molecular weight is 791 g/mol. The summed E-state index contributed by atoms with van der Waals surface area (Å²) in [6.45, 7) is -0.779.